The lowest BCUT2D eigenvalue weighted by Gasteiger charge is -2.24. The minimum absolute atomic E-state index is 0.184. The molecule has 4 rings (SSSR count). The molecule has 2 heterocycles. The van der Waals surface area contributed by atoms with Gasteiger partial charge in [-0.05, 0) is 23.8 Å². The summed E-state index contributed by atoms with van der Waals surface area (Å²) in [5, 5.41) is 19.5. The Morgan fingerprint density at radius 2 is 1.90 bits per heavy atom. The molecule has 4 aromatic rings. The van der Waals surface area contributed by atoms with Crippen LogP contribution in [0.25, 0.3) is 10.9 Å². The summed E-state index contributed by atoms with van der Waals surface area (Å²) in [6, 6.07) is 16.6. The van der Waals surface area contributed by atoms with Crippen molar-refractivity contribution in [2.45, 2.75) is 32.1 Å². The standard InChI is InChI=1S/C22H22N4O3/c1-22(2,17-12-23-18-11-7-6-10-16(17)18)14-26-13-19(24-25-26)21(28)29-20(27)15-8-4-3-5-9-15/h3-13,21,23,28H,14H2,1-2H3. The van der Waals surface area contributed by atoms with Gasteiger partial charge in [0.05, 0.1) is 18.3 Å². The number of ether oxygens (including phenoxy) is 1. The molecular formula is C22H22N4O3. The van der Waals surface area contributed by atoms with Crippen molar-refractivity contribution in [3.05, 3.63) is 83.8 Å². The van der Waals surface area contributed by atoms with Crippen molar-refractivity contribution in [1.82, 2.24) is 20.0 Å². The van der Waals surface area contributed by atoms with Crippen LogP contribution in [0.4, 0.5) is 0 Å². The largest absolute Gasteiger partial charge is 0.426 e. The average Bonchev–Trinajstić information content (AvgIpc) is 3.35. The summed E-state index contributed by atoms with van der Waals surface area (Å²) in [6.07, 6.45) is 2.13. The number of aliphatic hydroxyl groups excluding tert-OH is 1. The number of nitrogens with one attached hydrogen (secondary N) is 1. The predicted octanol–water partition coefficient (Wildman–Crippen LogP) is 3.59. The molecule has 148 valence electrons. The third-order valence-corrected chi connectivity index (χ3v) is 4.91. The van der Waals surface area contributed by atoms with Crippen LogP contribution in [0.5, 0.6) is 0 Å². The van der Waals surface area contributed by atoms with Crippen molar-refractivity contribution < 1.29 is 14.6 Å². The second-order valence-corrected chi connectivity index (χ2v) is 7.60. The van der Waals surface area contributed by atoms with Crippen molar-refractivity contribution in [2.75, 3.05) is 0 Å². The van der Waals surface area contributed by atoms with E-state index in [0.29, 0.717) is 12.1 Å². The first-order valence-corrected chi connectivity index (χ1v) is 9.35. The van der Waals surface area contributed by atoms with Gasteiger partial charge in [-0.25, -0.2) is 4.79 Å². The monoisotopic (exact) mass is 390 g/mol. The lowest BCUT2D eigenvalue weighted by Crippen LogP contribution is -2.24. The van der Waals surface area contributed by atoms with Crippen LogP contribution >= 0.6 is 0 Å². The number of H-pyrrole nitrogens is 1. The van der Waals surface area contributed by atoms with Crippen molar-refractivity contribution in [2.24, 2.45) is 0 Å². The minimum Gasteiger partial charge on any atom is -0.426 e. The number of aromatic amines is 1. The highest BCUT2D eigenvalue weighted by Gasteiger charge is 2.26. The zero-order chi connectivity index (χ0) is 20.4. The minimum atomic E-state index is -1.48. The first-order chi connectivity index (χ1) is 13.9. The highest BCUT2D eigenvalue weighted by molar-refractivity contribution is 5.89. The Morgan fingerprint density at radius 1 is 1.17 bits per heavy atom. The molecule has 0 aliphatic heterocycles. The third kappa shape index (κ3) is 3.90. The Morgan fingerprint density at radius 3 is 2.69 bits per heavy atom. The predicted molar refractivity (Wildman–Crippen MR) is 108 cm³/mol. The Balaban J connectivity index is 1.48. The van der Waals surface area contributed by atoms with Crippen LogP contribution in [0.2, 0.25) is 0 Å². The molecule has 2 N–H and O–H groups in total. The van der Waals surface area contributed by atoms with E-state index in [4.69, 9.17) is 4.74 Å². The van der Waals surface area contributed by atoms with Crippen molar-refractivity contribution in [3.63, 3.8) is 0 Å². The Bertz CT molecular complexity index is 1130. The molecule has 0 aliphatic carbocycles. The molecule has 1 atom stereocenters. The molecule has 0 radical (unpaired) electrons. The third-order valence-electron chi connectivity index (χ3n) is 4.91. The van der Waals surface area contributed by atoms with Gasteiger partial charge in [0.25, 0.3) is 0 Å². The molecule has 0 saturated carbocycles. The Kier molecular flexibility index (Phi) is 4.90. The number of carbonyl (C=O) groups excluding carboxylic acids is 1. The van der Waals surface area contributed by atoms with Gasteiger partial charge in [0.1, 0.15) is 0 Å². The molecule has 7 heteroatoms. The number of benzene rings is 2. The molecule has 2 aromatic carbocycles. The van der Waals surface area contributed by atoms with E-state index in [2.05, 4.69) is 35.2 Å². The number of para-hydroxylation sites is 1. The van der Waals surface area contributed by atoms with Gasteiger partial charge < -0.3 is 14.8 Å². The van der Waals surface area contributed by atoms with Crippen molar-refractivity contribution >= 4 is 16.9 Å². The number of nitrogens with zero attached hydrogens (tertiary/aromatic N) is 3. The molecule has 0 saturated heterocycles. The molecule has 0 fully saturated rings. The summed E-state index contributed by atoms with van der Waals surface area (Å²) < 4.78 is 6.74. The van der Waals surface area contributed by atoms with E-state index >= 15 is 0 Å². The summed E-state index contributed by atoms with van der Waals surface area (Å²) in [6.45, 7) is 4.78. The molecule has 0 aliphatic rings. The van der Waals surface area contributed by atoms with Crippen LogP contribution in [0.3, 0.4) is 0 Å². The van der Waals surface area contributed by atoms with Crippen LogP contribution in [0.15, 0.2) is 67.0 Å². The number of rotatable bonds is 6. The van der Waals surface area contributed by atoms with E-state index in [1.54, 1.807) is 41.2 Å². The van der Waals surface area contributed by atoms with E-state index < -0.39 is 12.3 Å². The summed E-state index contributed by atoms with van der Waals surface area (Å²) in [5.41, 5.74) is 2.55. The van der Waals surface area contributed by atoms with Crippen LogP contribution in [-0.2, 0) is 16.7 Å². The first kappa shape index (κ1) is 18.9. The average molecular weight is 390 g/mol. The highest BCUT2D eigenvalue weighted by atomic mass is 16.6. The van der Waals surface area contributed by atoms with E-state index in [1.165, 1.54) is 5.56 Å². The number of carbonyl (C=O) groups is 1. The maximum Gasteiger partial charge on any atom is 0.340 e. The van der Waals surface area contributed by atoms with Crippen LogP contribution < -0.4 is 0 Å². The van der Waals surface area contributed by atoms with E-state index in [1.807, 2.05) is 24.4 Å². The number of fused-ring (bicyclic) bond motifs is 1. The quantitative estimate of drug-likeness (QED) is 0.388. The second-order valence-electron chi connectivity index (χ2n) is 7.60. The molecule has 0 spiro atoms. The molecule has 29 heavy (non-hydrogen) atoms. The molecule has 7 nitrogen and oxygen atoms in total. The Labute approximate surface area is 167 Å². The number of esters is 1. The van der Waals surface area contributed by atoms with Gasteiger partial charge in [0.2, 0.25) is 6.29 Å². The highest BCUT2D eigenvalue weighted by Crippen LogP contribution is 2.31. The number of aliphatic hydroxyl groups is 1. The summed E-state index contributed by atoms with van der Waals surface area (Å²) in [4.78, 5) is 15.4. The zero-order valence-electron chi connectivity index (χ0n) is 16.2. The zero-order valence-corrected chi connectivity index (χ0v) is 16.2. The van der Waals surface area contributed by atoms with Crippen molar-refractivity contribution in [3.8, 4) is 0 Å². The number of hydrogen-bond donors (Lipinski definition) is 2. The van der Waals surface area contributed by atoms with Gasteiger partial charge in [-0.2, -0.15) is 0 Å². The van der Waals surface area contributed by atoms with Gasteiger partial charge in [-0.3, -0.25) is 4.68 Å². The lowest BCUT2D eigenvalue weighted by molar-refractivity contribution is -0.0697. The van der Waals surface area contributed by atoms with Crippen LogP contribution in [0, 0.1) is 0 Å². The Hall–Kier alpha value is -3.45. The van der Waals surface area contributed by atoms with Gasteiger partial charge >= 0.3 is 5.97 Å². The fraction of sp³-hybridized carbons (Fsp3) is 0.227. The first-order valence-electron chi connectivity index (χ1n) is 9.35. The van der Waals surface area contributed by atoms with E-state index in [-0.39, 0.29) is 11.1 Å². The normalized spacial score (nSPS) is 12.8. The number of hydrogen-bond acceptors (Lipinski definition) is 5. The summed E-state index contributed by atoms with van der Waals surface area (Å²) >= 11 is 0. The molecule has 0 bridgehead atoms. The fourth-order valence-corrected chi connectivity index (χ4v) is 3.43. The maximum atomic E-state index is 12.1. The molecule has 2 aromatic heterocycles. The van der Waals surface area contributed by atoms with E-state index in [0.717, 1.165) is 10.9 Å². The summed E-state index contributed by atoms with van der Waals surface area (Å²) in [5.74, 6) is -0.619. The van der Waals surface area contributed by atoms with Crippen molar-refractivity contribution in [1.29, 1.82) is 0 Å². The summed E-state index contributed by atoms with van der Waals surface area (Å²) in [7, 11) is 0. The van der Waals surface area contributed by atoms with Crippen LogP contribution in [-0.4, -0.2) is 31.1 Å². The topological polar surface area (TPSA) is 93.0 Å². The van der Waals surface area contributed by atoms with Gasteiger partial charge in [0.15, 0.2) is 5.69 Å². The molecular weight excluding hydrogens is 368 g/mol. The number of aromatic nitrogens is 4. The SMILES string of the molecule is CC(C)(Cn1cc(C(O)OC(=O)c2ccccc2)nn1)c1c[nH]c2ccccc12. The lowest BCUT2D eigenvalue weighted by atomic mass is 9.84. The van der Waals surface area contributed by atoms with E-state index in [9.17, 15) is 9.90 Å². The second kappa shape index (κ2) is 7.52. The van der Waals surface area contributed by atoms with Gasteiger partial charge in [-0.15, -0.1) is 5.10 Å². The smallest absolute Gasteiger partial charge is 0.340 e. The van der Waals surface area contributed by atoms with Gasteiger partial charge in [-0.1, -0.05) is 55.5 Å². The molecule has 0 amide bonds. The van der Waals surface area contributed by atoms with Crippen LogP contribution in [0.1, 0.15) is 41.8 Å². The maximum absolute atomic E-state index is 12.1. The molecule has 1 unspecified atom stereocenters. The fourth-order valence-electron chi connectivity index (χ4n) is 3.43. The van der Waals surface area contributed by atoms with Gasteiger partial charge in [0, 0.05) is 22.5 Å².